The lowest BCUT2D eigenvalue weighted by molar-refractivity contribution is 0.217. The Labute approximate surface area is 179 Å². The Bertz CT molecular complexity index is 1250. The van der Waals surface area contributed by atoms with Crippen LogP contribution in [0.4, 0.5) is 23.5 Å². The third-order valence-corrected chi connectivity index (χ3v) is 8.68. The monoisotopic (exact) mass is 495 g/mol. The zero-order valence-corrected chi connectivity index (χ0v) is 18.6. The molecule has 0 saturated carbocycles. The number of nitrogen functional groups attached to an aromatic ring is 1. The van der Waals surface area contributed by atoms with Crippen molar-refractivity contribution >= 4 is 53.2 Å². The van der Waals surface area contributed by atoms with Crippen LogP contribution in [0, 0.1) is 4.78 Å². The van der Waals surface area contributed by atoms with Gasteiger partial charge in [0.25, 0.3) is 10.1 Å². The van der Waals surface area contributed by atoms with Gasteiger partial charge in [0.2, 0.25) is 17.8 Å². The molecular weight excluding hydrogens is 474 g/mol. The number of benzene rings is 1. The first-order chi connectivity index (χ1) is 14.3. The summed E-state index contributed by atoms with van der Waals surface area (Å²) in [5, 5.41) is 4.29. The average molecular weight is 496 g/mol. The lowest BCUT2D eigenvalue weighted by Gasteiger charge is -2.11. The summed E-state index contributed by atoms with van der Waals surface area (Å²) in [6.07, 6.45) is 0. The molecule has 1 aromatic carbocycles. The Kier molecular flexibility index (Phi) is 7.71. The highest BCUT2D eigenvalue weighted by molar-refractivity contribution is 8.08. The smallest absolute Gasteiger partial charge is 0.294 e. The highest BCUT2D eigenvalue weighted by atomic mass is 32.3. The Hall–Kier alpha value is -2.60. The zero-order valence-electron chi connectivity index (χ0n) is 16.2. The summed E-state index contributed by atoms with van der Waals surface area (Å²) in [4.78, 5) is 11.2. The predicted octanol–water partition coefficient (Wildman–Crippen LogP) is -0.121. The average Bonchev–Trinajstić information content (AvgIpc) is 2.63. The first-order valence-corrected chi connectivity index (χ1v) is 13.5. The van der Waals surface area contributed by atoms with E-state index in [1.54, 1.807) is 0 Å². The third-order valence-electron chi connectivity index (χ3n) is 3.47. The van der Waals surface area contributed by atoms with Crippen molar-refractivity contribution in [3.05, 3.63) is 24.3 Å². The SMILES string of the molecule is COCCS(=O)(=O)CS(=N)(=O)CNc1nc(N)nc(Nc2cccc(S(=O)(=O)O)c2)n1. The van der Waals surface area contributed by atoms with Crippen LogP contribution in [0.1, 0.15) is 0 Å². The summed E-state index contributed by atoms with van der Waals surface area (Å²) < 4.78 is 80.2. The van der Waals surface area contributed by atoms with Crippen molar-refractivity contribution in [1.29, 1.82) is 4.78 Å². The highest BCUT2D eigenvalue weighted by Crippen LogP contribution is 2.19. The number of hydrogen-bond donors (Lipinski definition) is 5. The van der Waals surface area contributed by atoms with Crippen molar-refractivity contribution in [1.82, 2.24) is 15.0 Å². The summed E-state index contributed by atoms with van der Waals surface area (Å²) in [5.41, 5.74) is 5.81. The molecule has 0 amide bonds. The van der Waals surface area contributed by atoms with E-state index in [-0.39, 0.29) is 40.8 Å². The van der Waals surface area contributed by atoms with Gasteiger partial charge >= 0.3 is 0 Å². The van der Waals surface area contributed by atoms with Gasteiger partial charge in [0, 0.05) is 12.8 Å². The number of nitrogens with one attached hydrogen (secondary N) is 3. The second-order valence-electron chi connectivity index (χ2n) is 6.16. The van der Waals surface area contributed by atoms with E-state index in [0.29, 0.717) is 0 Å². The number of nitrogens with two attached hydrogens (primary N) is 1. The molecule has 1 atom stereocenters. The van der Waals surface area contributed by atoms with E-state index in [9.17, 15) is 21.0 Å². The number of anilines is 4. The number of sulfone groups is 1. The molecule has 1 heterocycles. The molecule has 14 nitrogen and oxygen atoms in total. The van der Waals surface area contributed by atoms with Crippen LogP contribution in [-0.2, 0) is 34.4 Å². The Morgan fingerprint density at radius 2 is 1.81 bits per heavy atom. The number of methoxy groups -OCH3 is 1. The van der Waals surface area contributed by atoms with Crippen LogP contribution in [0.3, 0.4) is 0 Å². The fourth-order valence-corrected chi connectivity index (χ4v) is 6.61. The van der Waals surface area contributed by atoms with Gasteiger partial charge in [0.15, 0.2) is 9.84 Å². The topological polar surface area (TPSA) is 227 Å². The third kappa shape index (κ3) is 8.21. The van der Waals surface area contributed by atoms with E-state index >= 15 is 0 Å². The summed E-state index contributed by atoms with van der Waals surface area (Å²) in [5.74, 6) is -1.49. The maximum absolute atomic E-state index is 12.3. The first-order valence-electron chi connectivity index (χ1n) is 8.33. The normalized spacial score (nSPS) is 14.0. The van der Waals surface area contributed by atoms with Crippen molar-refractivity contribution in [2.24, 2.45) is 0 Å². The number of ether oxygens (including phenoxy) is 1. The Balaban J connectivity index is 2.13. The van der Waals surface area contributed by atoms with Gasteiger partial charge in [-0.1, -0.05) is 6.07 Å². The first kappa shape index (κ1) is 24.7. The molecule has 17 heteroatoms. The summed E-state index contributed by atoms with van der Waals surface area (Å²) in [6, 6.07) is 5.16. The molecule has 0 aliphatic carbocycles. The van der Waals surface area contributed by atoms with E-state index in [0.717, 1.165) is 6.07 Å². The maximum atomic E-state index is 12.3. The van der Waals surface area contributed by atoms with Crippen molar-refractivity contribution in [3.63, 3.8) is 0 Å². The molecule has 2 rings (SSSR count). The highest BCUT2D eigenvalue weighted by Gasteiger charge is 2.20. The second-order valence-corrected chi connectivity index (χ2v) is 12.3. The fourth-order valence-electron chi connectivity index (χ4n) is 2.17. The van der Waals surface area contributed by atoms with Gasteiger partial charge in [-0.3, -0.25) is 9.33 Å². The lowest BCUT2D eigenvalue weighted by atomic mass is 10.3. The fraction of sp³-hybridized carbons (Fsp3) is 0.357. The van der Waals surface area contributed by atoms with Gasteiger partial charge in [-0.2, -0.15) is 23.4 Å². The van der Waals surface area contributed by atoms with Gasteiger partial charge in [-0.05, 0) is 18.2 Å². The Morgan fingerprint density at radius 1 is 1.13 bits per heavy atom. The van der Waals surface area contributed by atoms with Crippen LogP contribution >= 0.6 is 0 Å². The van der Waals surface area contributed by atoms with E-state index in [2.05, 4.69) is 30.3 Å². The lowest BCUT2D eigenvalue weighted by Crippen LogP contribution is -2.26. The maximum Gasteiger partial charge on any atom is 0.294 e. The van der Waals surface area contributed by atoms with Crippen molar-refractivity contribution in [2.45, 2.75) is 4.90 Å². The molecular formula is C14H21N7O7S3. The van der Waals surface area contributed by atoms with Gasteiger partial charge in [-0.15, -0.1) is 0 Å². The molecule has 0 aliphatic rings. The Morgan fingerprint density at radius 3 is 2.45 bits per heavy atom. The standard InChI is InChI=1S/C14H21N7O7S3/c1-28-5-6-30(23,24)9-29(16,22)8-17-13-19-12(15)20-14(21-13)18-10-3-2-4-11(7-10)31(25,26)27/h2-4,7,16H,5-6,8-9H2,1H3,(H,25,26,27)(H4,15,17,18,19,20,21). The summed E-state index contributed by atoms with van der Waals surface area (Å²) in [6.45, 7) is -0.0803. The molecule has 2 aromatic rings. The molecule has 1 aromatic heterocycles. The number of nitrogens with zero attached hydrogens (tertiary/aromatic N) is 3. The van der Waals surface area contributed by atoms with E-state index < -0.39 is 40.6 Å². The predicted molar refractivity (Wildman–Crippen MR) is 114 cm³/mol. The zero-order chi connectivity index (χ0) is 23.3. The molecule has 0 saturated heterocycles. The number of rotatable bonds is 11. The molecule has 0 fully saturated rings. The van der Waals surface area contributed by atoms with Crippen LogP contribution in [0.2, 0.25) is 0 Å². The molecule has 172 valence electrons. The van der Waals surface area contributed by atoms with Crippen molar-refractivity contribution < 1.29 is 30.3 Å². The van der Waals surface area contributed by atoms with Gasteiger partial charge < -0.3 is 21.1 Å². The molecule has 0 radical (unpaired) electrons. The van der Waals surface area contributed by atoms with Crippen LogP contribution < -0.4 is 16.4 Å². The number of hydrogen-bond acceptors (Lipinski definition) is 13. The quantitative estimate of drug-likeness (QED) is 0.256. The van der Waals surface area contributed by atoms with Crippen LogP contribution in [-0.4, -0.2) is 71.0 Å². The minimum absolute atomic E-state index is 0.0803. The molecule has 1 unspecified atom stereocenters. The minimum atomic E-state index is -4.42. The second kappa shape index (κ2) is 9.69. The van der Waals surface area contributed by atoms with Gasteiger partial charge in [-0.25, -0.2) is 12.6 Å². The van der Waals surface area contributed by atoms with Crippen LogP contribution in [0.15, 0.2) is 29.2 Å². The largest absolute Gasteiger partial charge is 0.384 e. The van der Waals surface area contributed by atoms with Crippen molar-refractivity contribution in [2.75, 3.05) is 46.8 Å². The molecule has 31 heavy (non-hydrogen) atoms. The number of aromatic nitrogens is 3. The molecule has 0 aliphatic heterocycles. The van der Waals surface area contributed by atoms with Crippen LogP contribution in [0.25, 0.3) is 0 Å². The summed E-state index contributed by atoms with van der Waals surface area (Å²) in [7, 11) is -10.4. The van der Waals surface area contributed by atoms with E-state index in [4.69, 9.17) is 15.1 Å². The summed E-state index contributed by atoms with van der Waals surface area (Å²) >= 11 is 0. The van der Waals surface area contributed by atoms with E-state index in [1.165, 1.54) is 25.3 Å². The van der Waals surface area contributed by atoms with E-state index in [1.807, 2.05) is 0 Å². The van der Waals surface area contributed by atoms with Gasteiger partial charge in [0.05, 0.1) is 27.0 Å². The minimum Gasteiger partial charge on any atom is -0.384 e. The molecule has 0 spiro atoms. The van der Waals surface area contributed by atoms with Crippen LogP contribution in [0.5, 0.6) is 0 Å². The van der Waals surface area contributed by atoms with Gasteiger partial charge in [0.1, 0.15) is 11.0 Å². The molecule has 6 N–H and O–H groups in total. The molecule has 0 bridgehead atoms. The van der Waals surface area contributed by atoms with Crippen molar-refractivity contribution in [3.8, 4) is 0 Å².